The summed E-state index contributed by atoms with van der Waals surface area (Å²) in [6.07, 6.45) is 0. The average Bonchev–Trinajstić information content (AvgIpc) is 2.87. The molecule has 1 aliphatic heterocycles. The van der Waals surface area contributed by atoms with Gasteiger partial charge >= 0.3 is 7.12 Å². The number of thiophene rings is 1. The van der Waals surface area contributed by atoms with Crippen LogP contribution in [-0.2, 0) is 9.31 Å². The standard InChI is InChI=1S/C16H19BO2S/c1-11(17-18-15(2,3)16(4,5)19-17)14-10-12-8-6-7-9-13(12)20-14/h6-10H,1H2,2-5H3. The van der Waals surface area contributed by atoms with E-state index in [-0.39, 0.29) is 18.3 Å². The second-order valence-electron chi connectivity index (χ2n) is 6.26. The Bertz CT molecular complexity index is 623. The molecule has 1 aromatic carbocycles. The minimum Gasteiger partial charge on any atom is -0.399 e. The Balaban J connectivity index is 1.90. The van der Waals surface area contributed by atoms with Gasteiger partial charge in [-0.3, -0.25) is 0 Å². The zero-order chi connectivity index (χ0) is 14.5. The first-order valence-electron chi connectivity index (χ1n) is 6.83. The van der Waals surface area contributed by atoms with Crippen molar-refractivity contribution >= 4 is 34.0 Å². The maximum Gasteiger partial charge on any atom is 0.495 e. The lowest BCUT2D eigenvalue weighted by molar-refractivity contribution is 0.00578. The van der Waals surface area contributed by atoms with Crippen molar-refractivity contribution in [2.24, 2.45) is 0 Å². The van der Waals surface area contributed by atoms with Crippen LogP contribution in [0.5, 0.6) is 0 Å². The zero-order valence-corrected chi connectivity index (χ0v) is 13.2. The zero-order valence-electron chi connectivity index (χ0n) is 12.4. The van der Waals surface area contributed by atoms with E-state index in [0.717, 1.165) is 10.3 Å². The molecule has 1 aliphatic rings. The van der Waals surface area contributed by atoms with Gasteiger partial charge in [-0.25, -0.2) is 0 Å². The fourth-order valence-electron chi connectivity index (χ4n) is 2.24. The van der Waals surface area contributed by atoms with Gasteiger partial charge in [0.05, 0.1) is 11.2 Å². The largest absolute Gasteiger partial charge is 0.495 e. The van der Waals surface area contributed by atoms with E-state index in [0.29, 0.717) is 0 Å². The van der Waals surface area contributed by atoms with Gasteiger partial charge in [0.2, 0.25) is 0 Å². The third-order valence-electron chi connectivity index (χ3n) is 4.28. The van der Waals surface area contributed by atoms with Gasteiger partial charge in [-0.2, -0.15) is 0 Å². The third kappa shape index (κ3) is 2.12. The van der Waals surface area contributed by atoms with Crippen LogP contribution in [0.15, 0.2) is 36.9 Å². The van der Waals surface area contributed by atoms with Crippen molar-refractivity contribution < 1.29 is 9.31 Å². The van der Waals surface area contributed by atoms with Gasteiger partial charge in [-0.1, -0.05) is 24.8 Å². The van der Waals surface area contributed by atoms with E-state index in [1.165, 1.54) is 10.1 Å². The second kappa shape index (κ2) is 4.45. The molecule has 0 unspecified atom stereocenters. The molecule has 1 aromatic heterocycles. The van der Waals surface area contributed by atoms with Crippen molar-refractivity contribution in [2.75, 3.05) is 0 Å². The lowest BCUT2D eigenvalue weighted by Gasteiger charge is -2.32. The number of rotatable bonds is 2. The molecule has 2 aromatic rings. The molecule has 1 fully saturated rings. The van der Waals surface area contributed by atoms with Gasteiger partial charge in [0.25, 0.3) is 0 Å². The van der Waals surface area contributed by atoms with Crippen molar-refractivity contribution in [3.8, 4) is 0 Å². The van der Waals surface area contributed by atoms with Crippen molar-refractivity contribution in [2.45, 2.75) is 38.9 Å². The number of fused-ring (bicyclic) bond motifs is 1. The van der Waals surface area contributed by atoms with Crippen LogP contribution in [0.4, 0.5) is 0 Å². The van der Waals surface area contributed by atoms with Crippen LogP contribution < -0.4 is 0 Å². The molecule has 2 heterocycles. The summed E-state index contributed by atoms with van der Waals surface area (Å²) >= 11 is 1.73. The van der Waals surface area contributed by atoms with E-state index in [4.69, 9.17) is 9.31 Å². The summed E-state index contributed by atoms with van der Waals surface area (Å²) in [7, 11) is -0.368. The highest BCUT2D eigenvalue weighted by molar-refractivity contribution is 7.21. The Kier molecular flexibility index (Phi) is 3.09. The molecule has 1 saturated heterocycles. The predicted molar refractivity (Wildman–Crippen MR) is 86.9 cm³/mol. The summed E-state index contributed by atoms with van der Waals surface area (Å²) < 4.78 is 13.4. The Labute approximate surface area is 124 Å². The van der Waals surface area contributed by atoms with Crippen molar-refractivity contribution in [3.63, 3.8) is 0 Å². The summed E-state index contributed by atoms with van der Waals surface area (Å²) in [5.41, 5.74) is 0.263. The first kappa shape index (κ1) is 13.9. The quantitative estimate of drug-likeness (QED) is 0.754. The summed E-state index contributed by atoms with van der Waals surface area (Å²) in [6, 6.07) is 10.5. The molecule has 3 rings (SSSR count). The fraction of sp³-hybridized carbons (Fsp3) is 0.375. The molecule has 0 atom stereocenters. The molecule has 2 nitrogen and oxygen atoms in total. The van der Waals surface area contributed by atoms with Crippen molar-refractivity contribution in [1.82, 2.24) is 0 Å². The molecule has 0 spiro atoms. The summed E-state index contributed by atoms with van der Waals surface area (Å²) in [4.78, 5) is 1.13. The minimum atomic E-state index is -0.368. The number of benzene rings is 1. The van der Waals surface area contributed by atoms with Crippen LogP contribution in [0.2, 0.25) is 0 Å². The first-order valence-corrected chi connectivity index (χ1v) is 7.65. The van der Waals surface area contributed by atoms with Gasteiger partial charge in [0.15, 0.2) is 0 Å². The Morgan fingerprint density at radius 1 is 1.10 bits per heavy atom. The van der Waals surface area contributed by atoms with E-state index in [1.807, 2.05) is 0 Å². The van der Waals surface area contributed by atoms with Crippen LogP contribution in [0.25, 0.3) is 15.6 Å². The number of hydrogen-bond donors (Lipinski definition) is 0. The molecular weight excluding hydrogens is 267 g/mol. The van der Waals surface area contributed by atoms with Crippen molar-refractivity contribution in [1.29, 1.82) is 0 Å². The van der Waals surface area contributed by atoms with Gasteiger partial charge in [-0.05, 0) is 50.7 Å². The molecule has 104 valence electrons. The highest BCUT2D eigenvalue weighted by Crippen LogP contribution is 2.41. The van der Waals surface area contributed by atoms with Gasteiger partial charge in [0, 0.05) is 9.58 Å². The summed E-state index contributed by atoms with van der Waals surface area (Å²) in [6.45, 7) is 12.4. The van der Waals surface area contributed by atoms with Gasteiger partial charge in [-0.15, -0.1) is 11.3 Å². The average molecular weight is 286 g/mol. The van der Waals surface area contributed by atoms with E-state index in [1.54, 1.807) is 11.3 Å². The Morgan fingerprint density at radius 3 is 2.30 bits per heavy atom. The van der Waals surface area contributed by atoms with Crippen molar-refractivity contribution in [3.05, 3.63) is 41.8 Å². The minimum absolute atomic E-state index is 0.322. The molecule has 4 heteroatoms. The summed E-state index contributed by atoms with van der Waals surface area (Å²) in [5, 5.41) is 1.24. The van der Waals surface area contributed by atoms with Crippen LogP contribution in [0.1, 0.15) is 32.6 Å². The topological polar surface area (TPSA) is 18.5 Å². The molecule has 0 N–H and O–H groups in total. The van der Waals surface area contributed by atoms with Crippen LogP contribution in [-0.4, -0.2) is 18.3 Å². The van der Waals surface area contributed by atoms with E-state index in [2.05, 4.69) is 64.6 Å². The molecule has 0 bridgehead atoms. The number of hydrogen-bond acceptors (Lipinski definition) is 3. The monoisotopic (exact) mass is 286 g/mol. The highest BCUT2D eigenvalue weighted by Gasteiger charge is 2.52. The molecule has 0 aliphatic carbocycles. The smallest absolute Gasteiger partial charge is 0.399 e. The maximum absolute atomic E-state index is 6.06. The fourth-order valence-corrected chi connectivity index (χ4v) is 3.28. The highest BCUT2D eigenvalue weighted by atomic mass is 32.1. The van der Waals surface area contributed by atoms with Gasteiger partial charge < -0.3 is 9.31 Å². The molecule has 0 saturated carbocycles. The lowest BCUT2D eigenvalue weighted by atomic mass is 9.78. The van der Waals surface area contributed by atoms with Gasteiger partial charge in [0.1, 0.15) is 0 Å². The van der Waals surface area contributed by atoms with Crippen LogP contribution >= 0.6 is 11.3 Å². The van der Waals surface area contributed by atoms with E-state index >= 15 is 0 Å². The summed E-state index contributed by atoms with van der Waals surface area (Å²) in [5.74, 6) is 0. The molecule has 0 amide bonds. The molecular formula is C16H19BO2S. The van der Waals surface area contributed by atoms with Crippen LogP contribution in [0.3, 0.4) is 0 Å². The van der Waals surface area contributed by atoms with Crippen LogP contribution in [0, 0.1) is 0 Å². The van der Waals surface area contributed by atoms with E-state index in [9.17, 15) is 0 Å². The first-order chi connectivity index (χ1) is 9.30. The Hall–Kier alpha value is -1.10. The second-order valence-corrected chi connectivity index (χ2v) is 7.35. The predicted octanol–water partition coefficient (Wildman–Crippen LogP) is 4.55. The Morgan fingerprint density at radius 2 is 1.70 bits per heavy atom. The normalized spacial score (nSPS) is 20.5. The van der Waals surface area contributed by atoms with E-state index < -0.39 is 0 Å². The SMILES string of the molecule is C=C(B1OC(C)(C)C(C)(C)O1)c1cc2ccccc2s1. The lowest BCUT2D eigenvalue weighted by Crippen LogP contribution is -2.41. The maximum atomic E-state index is 6.06. The molecule has 20 heavy (non-hydrogen) atoms. The molecule has 0 radical (unpaired) electrons. The third-order valence-corrected chi connectivity index (χ3v) is 5.47.